The molecule has 152 valence electrons. The van der Waals surface area contributed by atoms with Gasteiger partial charge in [-0.05, 0) is 49.1 Å². The Morgan fingerprint density at radius 3 is 2.69 bits per heavy atom. The van der Waals surface area contributed by atoms with Crippen molar-refractivity contribution in [2.75, 3.05) is 5.32 Å². The molecule has 2 aliphatic rings. The fourth-order valence-electron chi connectivity index (χ4n) is 5.10. The number of nitrogens with zero attached hydrogens (tertiary/aromatic N) is 1. The van der Waals surface area contributed by atoms with E-state index in [1.807, 2.05) is 0 Å². The van der Waals surface area contributed by atoms with Gasteiger partial charge < -0.3 is 15.2 Å². The van der Waals surface area contributed by atoms with E-state index in [1.54, 1.807) is 11.3 Å². The maximum atomic E-state index is 13.2. The third-order valence-corrected chi connectivity index (χ3v) is 8.19. The van der Waals surface area contributed by atoms with Crippen LogP contribution in [0.4, 0.5) is 5.00 Å². The molecule has 0 saturated carbocycles. The lowest BCUT2D eigenvalue weighted by atomic mass is 9.72. The molecule has 3 aromatic rings. The number of hydrogen-bond acceptors (Lipinski definition) is 3. The van der Waals surface area contributed by atoms with E-state index in [2.05, 4.69) is 74.2 Å². The Labute approximate surface area is 176 Å². The van der Waals surface area contributed by atoms with Crippen LogP contribution in [0.3, 0.4) is 0 Å². The van der Waals surface area contributed by atoms with Crippen LogP contribution in [0.5, 0.6) is 0 Å². The molecule has 0 saturated heterocycles. The van der Waals surface area contributed by atoms with E-state index in [-0.39, 0.29) is 12.1 Å². The molecule has 5 rings (SSSR count). The number of benzene rings is 1. The topological polar surface area (TPSA) is 46.1 Å². The number of anilines is 1. The molecule has 2 aromatic heterocycles. The Hall–Kier alpha value is -2.27. The van der Waals surface area contributed by atoms with Gasteiger partial charge in [0.25, 0.3) is 5.91 Å². The second kappa shape index (κ2) is 6.36. The van der Waals surface area contributed by atoms with Crippen LogP contribution >= 0.6 is 11.3 Å². The molecular formula is C24H29N3OS. The van der Waals surface area contributed by atoms with Gasteiger partial charge in [-0.3, -0.25) is 4.79 Å². The summed E-state index contributed by atoms with van der Waals surface area (Å²) in [5.74, 6) is 0.747. The van der Waals surface area contributed by atoms with Crippen molar-refractivity contribution >= 4 is 33.1 Å². The Balaban J connectivity index is 1.54. The fraction of sp³-hybridized carbons (Fsp3) is 0.458. The fourth-order valence-corrected chi connectivity index (χ4v) is 6.45. The summed E-state index contributed by atoms with van der Waals surface area (Å²) in [6.07, 6.45) is 3.07. The molecule has 0 radical (unpaired) electrons. The highest BCUT2D eigenvalue weighted by Gasteiger charge is 2.37. The molecule has 3 heterocycles. The Morgan fingerprint density at radius 2 is 1.93 bits per heavy atom. The van der Waals surface area contributed by atoms with Crippen LogP contribution in [-0.2, 0) is 19.9 Å². The number of aryl methyl sites for hydroxylation is 1. The highest BCUT2D eigenvalue weighted by atomic mass is 32.1. The van der Waals surface area contributed by atoms with Crippen molar-refractivity contribution in [1.82, 2.24) is 9.88 Å². The highest BCUT2D eigenvalue weighted by molar-refractivity contribution is 7.16. The van der Waals surface area contributed by atoms with Gasteiger partial charge in [0, 0.05) is 34.1 Å². The lowest BCUT2D eigenvalue weighted by Crippen LogP contribution is -2.38. The molecule has 1 aromatic carbocycles. The monoisotopic (exact) mass is 407 g/mol. The Bertz CT molecular complexity index is 1130. The van der Waals surface area contributed by atoms with E-state index in [1.165, 1.54) is 39.0 Å². The SMILES string of the molecule is Cc1c(C2NC(=O)c3c(sc4c3CCC(C(C)(C)C)C4)N2)c2ccccc2n1C. The van der Waals surface area contributed by atoms with E-state index in [4.69, 9.17) is 0 Å². The van der Waals surface area contributed by atoms with Gasteiger partial charge in [0.1, 0.15) is 11.2 Å². The molecule has 1 amide bonds. The van der Waals surface area contributed by atoms with E-state index < -0.39 is 0 Å². The molecule has 2 atom stereocenters. The molecule has 0 fully saturated rings. The molecule has 2 N–H and O–H groups in total. The van der Waals surface area contributed by atoms with Crippen molar-refractivity contribution in [3.63, 3.8) is 0 Å². The first-order chi connectivity index (χ1) is 13.8. The average molecular weight is 408 g/mol. The van der Waals surface area contributed by atoms with Crippen molar-refractivity contribution in [3.05, 3.63) is 51.5 Å². The van der Waals surface area contributed by atoms with Crippen LogP contribution in [-0.4, -0.2) is 10.5 Å². The van der Waals surface area contributed by atoms with Crippen molar-refractivity contribution in [1.29, 1.82) is 0 Å². The standard InChI is InChI=1S/C24H29N3OS/c1-13-19(15-8-6-7-9-17(15)27(13)5)21-25-22(28)20-16-11-10-14(24(2,3)4)12-18(16)29-23(20)26-21/h6-9,14,21,26H,10-12H2,1-5H3,(H,25,28). The van der Waals surface area contributed by atoms with Gasteiger partial charge in [0.2, 0.25) is 0 Å². The van der Waals surface area contributed by atoms with Crippen LogP contribution < -0.4 is 10.6 Å². The van der Waals surface area contributed by atoms with E-state index >= 15 is 0 Å². The molecule has 1 aliphatic heterocycles. The minimum Gasteiger partial charge on any atom is -0.353 e. The maximum absolute atomic E-state index is 13.2. The Morgan fingerprint density at radius 1 is 1.17 bits per heavy atom. The van der Waals surface area contributed by atoms with Crippen LogP contribution in [0.25, 0.3) is 10.9 Å². The van der Waals surface area contributed by atoms with Crippen molar-refractivity contribution in [2.45, 2.75) is 53.1 Å². The summed E-state index contributed by atoms with van der Waals surface area (Å²) in [5, 5.41) is 9.17. The van der Waals surface area contributed by atoms with Gasteiger partial charge in [-0.2, -0.15) is 0 Å². The summed E-state index contributed by atoms with van der Waals surface area (Å²) in [4.78, 5) is 14.6. The van der Waals surface area contributed by atoms with E-state index in [0.29, 0.717) is 11.3 Å². The van der Waals surface area contributed by atoms with E-state index in [0.717, 1.165) is 23.4 Å². The number of thiophene rings is 1. The first kappa shape index (κ1) is 18.7. The van der Waals surface area contributed by atoms with Gasteiger partial charge in [0.15, 0.2) is 0 Å². The Kier molecular flexibility index (Phi) is 4.11. The predicted octanol–water partition coefficient (Wildman–Crippen LogP) is 5.55. The number of amides is 1. The van der Waals surface area contributed by atoms with Crippen LogP contribution in [0, 0.1) is 18.3 Å². The van der Waals surface area contributed by atoms with Gasteiger partial charge in [-0.15, -0.1) is 11.3 Å². The summed E-state index contributed by atoms with van der Waals surface area (Å²) in [7, 11) is 2.09. The second-order valence-electron chi connectivity index (χ2n) is 9.64. The minimum atomic E-state index is -0.195. The maximum Gasteiger partial charge on any atom is 0.256 e. The first-order valence-electron chi connectivity index (χ1n) is 10.5. The number of fused-ring (bicyclic) bond motifs is 4. The molecule has 5 heteroatoms. The van der Waals surface area contributed by atoms with Crippen LogP contribution in [0.15, 0.2) is 24.3 Å². The number of para-hydroxylation sites is 1. The number of carbonyl (C=O) groups excluding carboxylic acids is 1. The number of hydrogen-bond donors (Lipinski definition) is 2. The average Bonchev–Trinajstić information content (AvgIpc) is 3.16. The molecule has 1 aliphatic carbocycles. The summed E-state index contributed by atoms with van der Waals surface area (Å²) >= 11 is 1.80. The van der Waals surface area contributed by atoms with Gasteiger partial charge in [0.05, 0.1) is 5.56 Å². The lowest BCUT2D eigenvalue weighted by molar-refractivity contribution is 0.0935. The quantitative estimate of drug-likeness (QED) is 0.555. The highest BCUT2D eigenvalue weighted by Crippen LogP contribution is 2.46. The number of rotatable bonds is 1. The summed E-state index contributed by atoms with van der Waals surface area (Å²) in [6, 6.07) is 8.42. The summed E-state index contributed by atoms with van der Waals surface area (Å²) in [6.45, 7) is 9.13. The number of carbonyl (C=O) groups is 1. The van der Waals surface area contributed by atoms with Crippen molar-refractivity contribution in [3.8, 4) is 0 Å². The van der Waals surface area contributed by atoms with Crippen molar-refractivity contribution in [2.24, 2.45) is 18.4 Å². The minimum absolute atomic E-state index is 0.0720. The third kappa shape index (κ3) is 2.82. The zero-order chi connectivity index (χ0) is 20.5. The summed E-state index contributed by atoms with van der Waals surface area (Å²) in [5.41, 5.74) is 6.03. The molecule has 0 spiro atoms. The summed E-state index contributed by atoms with van der Waals surface area (Å²) < 4.78 is 2.21. The zero-order valence-electron chi connectivity index (χ0n) is 17.8. The smallest absolute Gasteiger partial charge is 0.256 e. The van der Waals surface area contributed by atoms with Crippen LogP contribution in [0.2, 0.25) is 0 Å². The van der Waals surface area contributed by atoms with Gasteiger partial charge >= 0.3 is 0 Å². The van der Waals surface area contributed by atoms with Gasteiger partial charge in [-0.25, -0.2) is 0 Å². The molecular weight excluding hydrogens is 378 g/mol. The van der Waals surface area contributed by atoms with Crippen molar-refractivity contribution < 1.29 is 4.79 Å². The zero-order valence-corrected chi connectivity index (χ0v) is 18.7. The van der Waals surface area contributed by atoms with Crippen LogP contribution in [0.1, 0.15) is 65.4 Å². The lowest BCUT2D eigenvalue weighted by Gasteiger charge is -2.34. The largest absolute Gasteiger partial charge is 0.353 e. The number of aromatic nitrogens is 1. The normalized spacial score (nSPS) is 21.5. The molecule has 2 unspecified atom stereocenters. The first-order valence-corrected chi connectivity index (χ1v) is 11.3. The predicted molar refractivity (Wildman–Crippen MR) is 121 cm³/mol. The van der Waals surface area contributed by atoms with Gasteiger partial charge in [-0.1, -0.05) is 39.0 Å². The third-order valence-electron chi connectivity index (χ3n) is 7.01. The molecule has 4 nitrogen and oxygen atoms in total. The molecule has 29 heavy (non-hydrogen) atoms. The number of nitrogens with one attached hydrogen (secondary N) is 2. The van der Waals surface area contributed by atoms with E-state index in [9.17, 15) is 4.79 Å². The molecule has 0 bridgehead atoms. The second-order valence-corrected chi connectivity index (χ2v) is 10.7.